The van der Waals surface area contributed by atoms with Crippen molar-refractivity contribution < 1.29 is 24.1 Å². The van der Waals surface area contributed by atoms with Crippen LogP contribution < -0.4 is 14.8 Å². The van der Waals surface area contributed by atoms with Gasteiger partial charge >= 0.3 is 5.97 Å². The van der Waals surface area contributed by atoms with E-state index in [0.717, 1.165) is 0 Å². The van der Waals surface area contributed by atoms with Gasteiger partial charge < -0.3 is 24.6 Å². The van der Waals surface area contributed by atoms with E-state index in [2.05, 4.69) is 5.32 Å². The highest BCUT2D eigenvalue weighted by molar-refractivity contribution is 5.67. The molecule has 2 N–H and O–H groups in total. The Balaban J connectivity index is 2.35. The van der Waals surface area contributed by atoms with Crippen molar-refractivity contribution in [3.8, 4) is 17.6 Å². The average Bonchev–Trinajstić information content (AvgIpc) is 2.65. The van der Waals surface area contributed by atoms with Crippen LogP contribution >= 0.6 is 0 Å². The number of rotatable bonds is 8. The lowest BCUT2D eigenvalue weighted by Crippen LogP contribution is -2.19. The van der Waals surface area contributed by atoms with Gasteiger partial charge in [-0.1, -0.05) is 0 Å². The van der Waals surface area contributed by atoms with E-state index in [9.17, 15) is 4.79 Å². The molecule has 0 heterocycles. The third-order valence-corrected chi connectivity index (χ3v) is 3.45. The molecule has 2 aromatic rings. The minimum Gasteiger partial charge on any atom is -0.497 e. The summed E-state index contributed by atoms with van der Waals surface area (Å²) < 4.78 is 16.1. The molecule has 0 aliphatic carbocycles. The predicted octanol–water partition coefficient (Wildman–Crippen LogP) is 2.61. The van der Waals surface area contributed by atoms with Crippen LogP contribution in [0.1, 0.15) is 24.3 Å². The molecule has 1 atom stereocenters. The van der Waals surface area contributed by atoms with Crippen molar-refractivity contribution in [1.82, 2.24) is 0 Å². The number of carbonyl (C=O) groups is 1. The first-order valence-electron chi connectivity index (χ1n) is 7.93. The summed E-state index contributed by atoms with van der Waals surface area (Å²) in [7, 11) is 1.53. The SMILES string of the molecule is COc1ccc(C(Nc2ccc(C#N)cc2)OC(C)=O)c(OCCO)c1. The normalized spacial score (nSPS) is 11.2. The molecular formula is C19H20N2O5. The second kappa shape index (κ2) is 9.30. The summed E-state index contributed by atoms with van der Waals surface area (Å²) in [6.45, 7) is 1.24. The van der Waals surface area contributed by atoms with Gasteiger partial charge in [0.05, 0.1) is 30.9 Å². The summed E-state index contributed by atoms with van der Waals surface area (Å²) in [5, 5.41) is 21.0. The molecule has 2 aromatic carbocycles. The highest BCUT2D eigenvalue weighted by Gasteiger charge is 2.20. The average molecular weight is 356 g/mol. The number of methoxy groups -OCH3 is 1. The number of nitrogens with one attached hydrogen (secondary N) is 1. The maximum absolute atomic E-state index is 11.6. The summed E-state index contributed by atoms with van der Waals surface area (Å²) in [5.74, 6) is 0.521. The minimum absolute atomic E-state index is 0.0871. The van der Waals surface area contributed by atoms with Crippen LogP contribution in [0.4, 0.5) is 5.69 Å². The quantitative estimate of drug-likeness (QED) is 0.554. The fourth-order valence-corrected chi connectivity index (χ4v) is 2.27. The van der Waals surface area contributed by atoms with E-state index >= 15 is 0 Å². The molecule has 7 heteroatoms. The molecule has 0 aliphatic rings. The lowest BCUT2D eigenvalue weighted by Gasteiger charge is -2.23. The van der Waals surface area contributed by atoms with Crippen molar-refractivity contribution in [2.45, 2.75) is 13.2 Å². The number of anilines is 1. The van der Waals surface area contributed by atoms with Crippen LogP contribution in [0.3, 0.4) is 0 Å². The molecule has 0 radical (unpaired) electrons. The number of esters is 1. The standard InChI is InChI=1S/C19H20N2O5/c1-13(23)26-19(21-15-5-3-14(12-20)4-6-15)17-8-7-16(24-2)11-18(17)25-10-9-22/h3-8,11,19,21-22H,9-10H2,1-2H3. The number of hydrogen-bond acceptors (Lipinski definition) is 7. The minimum atomic E-state index is -0.819. The second-order valence-corrected chi connectivity index (χ2v) is 5.30. The Morgan fingerprint density at radius 3 is 2.58 bits per heavy atom. The molecular weight excluding hydrogens is 336 g/mol. The molecule has 0 saturated heterocycles. The predicted molar refractivity (Wildman–Crippen MR) is 94.9 cm³/mol. The van der Waals surface area contributed by atoms with Crippen LogP contribution in [0, 0.1) is 11.3 Å². The summed E-state index contributed by atoms with van der Waals surface area (Å²) in [4.78, 5) is 11.6. The zero-order valence-electron chi connectivity index (χ0n) is 14.6. The molecule has 0 aliphatic heterocycles. The zero-order chi connectivity index (χ0) is 18.9. The first-order chi connectivity index (χ1) is 12.6. The number of carbonyl (C=O) groups excluding carboxylic acids is 1. The molecule has 0 fully saturated rings. The Hall–Kier alpha value is -3.24. The van der Waals surface area contributed by atoms with Gasteiger partial charge in [0, 0.05) is 18.7 Å². The molecule has 136 valence electrons. The smallest absolute Gasteiger partial charge is 0.304 e. The van der Waals surface area contributed by atoms with Crippen LogP contribution in [0.25, 0.3) is 0 Å². The lowest BCUT2D eigenvalue weighted by molar-refractivity contribution is -0.145. The summed E-state index contributed by atoms with van der Waals surface area (Å²) in [6, 6.07) is 13.9. The van der Waals surface area contributed by atoms with Crippen molar-refractivity contribution in [2.24, 2.45) is 0 Å². The first-order valence-corrected chi connectivity index (χ1v) is 7.93. The van der Waals surface area contributed by atoms with E-state index in [1.54, 1.807) is 42.5 Å². The Labute approximate surface area is 151 Å². The molecule has 7 nitrogen and oxygen atoms in total. The van der Waals surface area contributed by atoms with Crippen molar-refractivity contribution in [3.05, 3.63) is 53.6 Å². The largest absolute Gasteiger partial charge is 0.497 e. The van der Waals surface area contributed by atoms with E-state index < -0.39 is 12.2 Å². The molecule has 1 unspecified atom stereocenters. The fourth-order valence-electron chi connectivity index (χ4n) is 2.27. The molecule has 0 spiro atoms. The van der Waals surface area contributed by atoms with Gasteiger partial charge in [-0.05, 0) is 36.4 Å². The van der Waals surface area contributed by atoms with Crippen molar-refractivity contribution in [2.75, 3.05) is 25.6 Å². The number of aliphatic hydroxyl groups is 1. The third-order valence-electron chi connectivity index (χ3n) is 3.45. The van der Waals surface area contributed by atoms with E-state index in [1.165, 1.54) is 14.0 Å². The van der Waals surface area contributed by atoms with Crippen LogP contribution in [0.15, 0.2) is 42.5 Å². The van der Waals surface area contributed by atoms with Gasteiger partial charge in [-0.3, -0.25) is 4.79 Å². The van der Waals surface area contributed by atoms with Crippen LogP contribution in [0.2, 0.25) is 0 Å². The van der Waals surface area contributed by atoms with Gasteiger partial charge in [0.1, 0.15) is 18.1 Å². The Morgan fingerprint density at radius 1 is 1.27 bits per heavy atom. The molecule has 26 heavy (non-hydrogen) atoms. The van der Waals surface area contributed by atoms with Crippen LogP contribution in [0.5, 0.6) is 11.5 Å². The monoisotopic (exact) mass is 356 g/mol. The van der Waals surface area contributed by atoms with Gasteiger partial charge in [0.2, 0.25) is 6.23 Å². The molecule has 2 rings (SSSR count). The highest BCUT2D eigenvalue weighted by Crippen LogP contribution is 2.32. The van der Waals surface area contributed by atoms with Gasteiger partial charge in [-0.2, -0.15) is 5.26 Å². The third kappa shape index (κ3) is 5.13. The van der Waals surface area contributed by atoms with E-state index in [4.69, 9.17) is 24.6 Å². The lowest BCUT2D eigenvalue weighted by atomic mass is 10.1. The Bertz CT molecular complexity index is 784. The maximum Gasteiger partial charge on any atom is 0.304 e. The Kier molecular flexibility index (Phi) is 6.83. The van der Waals surface area contributed by atoms with Gasteiger partial charge in [-0.25, -0.2) is 0 Å². The van der Waals surface area contributed by atoms with E-state index in [1.807, 2.05) is 6.07 Å². The highest BCUT2D eigenvalue weighted by atomic mass is 16.6. The van der Waals surface area contributed by atoms with Crippen molar-refractivity contribution in [3.63, 3.8) is 0 Å². The summed E-state index contributed by atoms with van der Waals surface area (Å²) in [6.07, 6.45) is -0.819. The molecule has 0 aromatic heterocycles. The second-order valence-electron chi connectivity index (χ2n) is 5.30. The maximum atomic E-state index is 11.6. The Morgan fingerprint density at radius 2 is 2.00 bits per heavy atom. The fraction of sp³-hybridized carbons (Fsp3) is 0.263. The van der Waals surface area contributed by atoms with Crippen molar-refractivity contribution in [1.29, 1.82) is 5.26 Å². The summed E-state index contributed by atoms with van der Waals surface area (Å²) >= 11 is 0. The van der Waals surface area contributed by atoms with E-state index in [0.29, 0.717) is 28.3 Å². The first kappa shape index (κ1) is 19.1. The van der Waals surface area contributed by atoms with Crippen LogP contribution in [-0.4, -0.2) is 31.4 Å². The number of ether oxygens (including phenoxy) is 3. The zero-order valence-corrected chi connectivity index (χ0v) is 14.6. The molecule has 0 saturated carbocycles. The summed E-state index contributed by atoms with van der Waals surface area (Å²) in [5.41, 5.74) is 1.76. The number of nitriles is 1. The van der Waals surface area contributed by atoms with E-state index in [-0.39, 0.29) is 13.2 Å². The van der Waals surface area contributed by atoms with Gasteiger partial charge in [0.15, 0.2) is 0 Å². The van der Waals surface area contributed by atoms with Gasteiger partial charge in [0.25, 0.3) is 0 Å². The van der Waals surface area contributed by atoms with Crippen LogP contribution in [-0.2, 0) is 9.53 Å². The van der Waals surface area contributed by atoms with Crippen molar-refractivity contribution >= 4 is 11.7 Å². The number of benzene rings is 2. The number of nitrogens with zero attached hydrogens (tertiary/aromatic N) is 1. The number of hydrogen-bond donors (Lipinski definition) is 2. The number of aliphatic hydroxyl groups excluding tert-OH is 1. The van der Waals surface area contributed by atoms with Gasteiger partial charge in [-0.15, -0.1) is 0 Å². The molecule has 0 amide bonds. The topological polar surface area (TPSA) is 101 Å². The molecule has 0 bridgehead atoms.